The minimum Gasteiger partial charge on any atom is -0.465 e. The first-order valence-corrected chi connectivity index (χ1v) is 13.2. The van der Waals surface area contributed by atoms with E-state index in [4.69, 9.17) is 16.1 Å². The number of rotatable bonds is 3. The maximum Gasteiger partial charge on any atom is 0.411 e. The van der Waals surface area contributed by atoms with Crippen LogP contribution >= 0.6 is 22.3 Å². The first-order chi connectivity index (χ1) is 17.2. The van der Waals surface area contributed by atoms with Crippen LogP contribution in [0, 0.1) is 5.82 Å². The fourth-order valence-electron chi connectivity index (χ4n) is 4.31. The summed E-state index contributed by atoms with van der Waals surface area (Å²) in [6.07, 6.45) is 3.11. The van der Waals surface area contributed by atoms with Gasteiger partial charge in [0.2, 0.25) is 5.96 Å². The number of amides is 1. The first kappa shape index (κ1) is 24.4. The standard InChI is InChI=1S/C22H23ClFN7O4S/c1-22(12-36(34)27-6-2-3-7-31(36)20(29-22)28-21(32)33)15-8-13(4-5-16(15)24)18-9-17(30-35-18)19-25-10-14(23)11-26-19/h4-5,8-11,27,34H,2-3,6-7,12H2,1H3,(H,28,29)(H,32,33)/t22-/m0/s1. The van der Waals surface area contributed by atoms with Crippen molar-refractivity contribution in [2.45, 2.75) is 25.3 Å². The molecule has 190 valence electrons. The second-order valence-electron chi connectivity index (χ2n) is 8.65. The first-order valence-electron chi connectivity index (χ1n) is 11.1. The minimum absolute atomic E-state index is 0.0187. The van der Waals surface area contributed by atoms with Crippen molar-refractivity contribution in [1.82, 2.24) is 29.5 Å². The largest absolute Gasteiger partial charge is 0.465 e. The number of benzene rings is 1. The summed E-state index contributed by atoms with van der Waals surface area (Å²) in [5.41, 5.74) is -0.212. The number of nitrogens with zero attached hydrogens (tertiary/aromatic N) is 5. The third-order valence-electron chi connectivity index (χ3n) is 5.97. The van der Waals surface area contributed by atoms with Gasteiger partial charge in [0.25, 0.3) is 0 Å². The molecule has 2 atom stereocenters. The zero-order valence-electron chi connectivity index (χ0n) is 19.1. The molecular formula is C22H23ClFN7O4S. The highest BCUT2D eigenvalue weighted by Gasteiger charge is 2.47. The lowest BCUT2D eigenvalue weighted by Crippen LogP contribution is -2.55. The molecule has 3 aromatic rings. The summed E-state index contributed by atoms with van der Waals surface area (Å²) in [4.78, 5) is 24.4. The maximum absolute atomic E-state index is 15.3. The Hall–Kier alpha value is -3.26. The number of halogens is 2. The molecule has 14 heteroatoms. The van der Waals surface area contributed by atoms with E-state index in [1.54, 1.807) is 23.4 Å². The van der Waals surface area contributed by atoms with Gasteiger partial charge in [-0.15, -0.1) is 0 Å². The number of nitrogens with one attached hydrogen (secondary N) is 2. The lowest BCUT2D eigenvalue weighted by Gasteiger charge is -2.51. The summed E-state index contributed by atoms with van der Waals surface area (Å²) in [5.74, 6) is 0.152. The molecule has 0 saturated carbocycles. The van der Waals surface area contributed by atoms with E-state index in [9.17, 15) is 14.5 Å². The van der Waals surface area contributed by atoms with Crippen LogP contribution in [0.15, 0.2) is 46.2 Å². The van der Waals surface area contributed by atoms with E-state index >= 15 is 4.39 Å². The van der Waals surface area contributed by atoms with Gasteiger partial charge < -0.3 is 14.2 Å². The van der Waals surface area contributed by atoms with Crippen LogP contribution in [0.5, 0.6) is 0 Å². The van der Waals surface area contributed by atoms with Gasteiger partial charge in [0.15, 0.2) is 17.3 Å². The molecule has 0 aliphatic carbocycles. The molecule has 1 amide bonds. The van der Waals surface area contributed by atoms with E-state index in [1.165, 1.54) is 24.5 Å². The molecule has 36 heavy (non-hydrogen) atoms. The Balaban J connectivity index is 1.55. The second kappa shape index (κ2) is 9.32. The molecule has 1 aromatic carbocycles. The number of carbonyl (C=O) groups is 1. The van der Waals surface area contributed by atoms with Crippen molar-refractivity contribution in [3.8, 4) is 22.8 Å². The van der Waals surface area contributed by atoms with Crippen molar-refractivity contribution < 1.29 is 23.4 Å². The van der Waals surface area contributed by atoms with Crippen LogP contribution in [-0.2, 0) is 5.54 Å². The van der Waals surface area contributed by atoms with Gasteiger partial charge in [-0.2, -0.15) is 0 Å². The summed E-state index contributed by atoms with van der Waals surface area (Å²) in [6.45, 7) is 2.64. The molecule has 1 saturated heterocycles. The Morgan fingerprint density at radius 3 is 2.83 bits per heavy atom. The fraction of sp³-hybridized carbons (Fsp3) is 0.318. The molecule has 4 heterocycles. The van der Waals surface area contributed by atoms with Crippen LogP contribution in [0.1, 0.15) is 25.3 Å². The minimum atomic E-state index is -2.70. The Labute approximate surface area is 212 Å². The summed E-state index contributed by atoms with van der Waals surface area (Å²) in [7, 11) is -2.70. The van der Waals surface area contributed by atoms with E-state index in [0.29, 0.717) is 41.0 Å². The third-order valence-corrected chi connectivity index (χ3v) is 8.88. The SMILES string of the molecule is C[C@@]1(c2cc(-c3cc(-c4ncc(Cl)cn4)no3)ccc2F)CS2(O)NCCCCN2C(NC(=O)O)=N1. The molecule has 4 N–H and O–H groups in total. The van der Waals surface area contributed by atoms with Gasteiger partial charge in [-0.05, 0) is 38.0 Å². The van der Waals surface area contributed by atoms with Gasteiger partial charge in [0.1, 0.15) is 11.4 Å². The lowest BCUT2D eigenvalue weighted by molar-refractivity contribution is 0.199. The summed E-state index contributed by atoms with van der Waals surface area (Å²) < 4.78 is 37.0. The quantitative estimate of drug-likeness (QED) is 0.386. The number of guanidine groups is 1. The number of carboxylic acid groups (broad SMARTS) is 1. The van der Waals surface area contributed by atoms with Crippen LogP contribution < -0.4 is 10.0 Å². The highest BCUT2D eigenvalue weighted by Crippen LogP contribution is 2.54. The zero-order valence-corrected chi connectivity index (χ0v) is 20.7. The van der Waals surface area contributed by atoms with Crippen molar-refractivity contribution in [2.75, 3.05) is 18.8 Å². The summed E-state index contributed by atoms with van der Waals surface area (Å²) in [5, 5.41) is 16.1. The third kappa shape index (κ3) is 4.62. The zero-order chi connectivity index (χ0) is 25.5. The predicted octanol–water partition coefficient (Wildman–Crippen LogP) is 4.24. The van der Waals surface area contributed by atoms with Gasteiger partial charge in [0, 0.05) is 53.4 Å². The van der Waals surface area contributed by atoms with Gasteiger partial charge in [-0.25, -0.2) is 28.9 Å². The van der Waals surface area contributed by atoms with Gasteiger partial charge >= 0.3 is 6.09 Å². The molecule has 5 rings (SSSR count). The van der Waals surface area contributed by atoms with E-state index < -0.39 is 28.1 Å². The van der Waals surface area contributed by atoms with Gasteiger partial charge in [0.05, 0.1) is 10.8 Å². The molecule has 2 aliphatic heterocycles. The second-order valence-corrected chi connectivity index (χ2v) is 11.4. The summed E-state index contributed by atoms with van der Waals surface area (Å²) >= 11 is 5.84. The average molecular weight is 536 g/mol. The number of hydrogen-bond donors (Lipinski definition) is 4. The Morgan fingerprint density at radius 1 is 1.31 bits per heavy atom. The van der Waals surface area contributed by atoms with Crippen molar-refractivity contribution >= 4 is 34.3 Å². The van der Waals surface area contributed by atoms with E-state index in [-0.39, 0.29) is 17.3 Å². The average Bonchev–Trinajstić information content (AvgIpc) is 3.22. The molecule has 2 aliphatic rings. The summed E-state index contributed by atoms with van der Waals surface area (Å²) in [6, 6.07) is 6.01. The number of aliphatic imine (C=N–C) groups is 1. The predicted molar refractivity (Wildman–Crippen MR) is 133 cm³/mol. The Morgan fingerprint density at radius 2 is 2.08 bits per heavy atom. The van der Waals surface area contributed by atoms with Crippen LogP contribution in [0.25, 0.3) is 22.8 Å². The fourth-order valence-corrected chi connectivity index (χ4v) is 7.10. The molecule has 0 spiro atoms. The molecule has 2 aromatic heterocycles. The highest BCUT2D eigenvalue weighted by atomic mass is 35.5. The Kier molecular flexibility index (Phi) is 6.32. The molecule has 11 nitrogen and oxygen atoms in total. The smallest absolute Gasteiger partial charge is 0.411 e. The molecular weight excluding hydrogens is 513 g/mol. The van der Waals surface area contributed by atoms with Gasteiger partial charge in [-0.3, -0.25) is 9.62 Å². The van der Waals surface area contributed by atoms with Crippen molar-refractivity contribution in [3.63, 3.8) is 0 Å². The highest BCUT2D eigenvalue weighted by molar-refractivity contribution is 8.26. The van der Waals surface area contributed by atoms with Crippen LogP contribution in [0.2, 0.25) is 5.02 Å². The topological polar surface area (TPSA) is 149 Å². The molecule has 0 bridgehead atoms. The number of hydrogen-bond acceptors (Lipinski definition) is 9. The van der Waals surface area contributed by atoms with Crippen molar-refractivity contribution in [1.29, 1.82) is 0 Å². The maximum atomic E-state index is 15.3. The number of aromatic nitrogens is 3. The van der Waals surface area contributed by atoms with Crippen molar-refractivity contribution in [3.05, 3.63) is 53.1 Å². The van der Waals surface area contributed by atoms with Crippen LogP contribution in [0.3, 0.4) is 0 Å². The van der Waals surface area contributed by atoms with Gasteiger partial charge in [-0.1, -0.05) is 16.8 Å². The van der Waals surface area contributed by atoms with E-state index in [1.807, 2.05) is 0 Å². The normalized spacial score (nSPS) is 25.8. The molecule has 0 radical (unpaired) electrons. The molecule has 1 unspecified atom stereocenters. The monoisotopic (exact) mass is 535 g/mol. The lowest BCUT2D eigenvalue weighted by atomic mass is 9.92. The van der Waals surface area contributed by atoms with E-state index in [2.05, 4.69) is 30.2 Å². The van der Waals surface area contributed by atoms with Crippen molar-refractivity contribution in [2.24, 2.45) is 4.99 Å². The Bertz CT molecular complexity index is 1340. The van der Waals surface area contributed by atoms with Crippen LogP contribution in [-0.4, -0.2) is 60.0 Å². The number of fused-ring (bicyclic) bond motifs is 1. The van der Waals surface area contributed by atoms with E-state index in [0.717, 1.165) is 12.8 Å². The molecule has 1 fully saturated rings. The van der Waals surface area contributed by atoms with Crippen LogP contribution in [0.4, 0.5) is 9.18 Å².